The average molecular weight is 393 g/mol. The Balaban J connectivity index is 1.55. The minimum absolute atomic E-state index is 0.0346. The molecule has 0 N–H and O–H groups in total. The summed E-state index contributed by atoms with van der Waals surface area (Å²) in [6, 6.07) is 10.1. The molecule has 29 heavy (non-hydrogen) atoms. The molecule has 3 aromatic rings. The summed E-state index contributed by atoms with van der Waals surface area (Å²) in [5, 5.41) is 13.2. The van der Waals surface area contributed by atoms with Gasteiger partial charge < -0.3 is 9.47 Å². The third kappa shape index (κ3) is 3.69. The molecule has 1 aromatic carbocycles. The van der Waals surface area contributed by atoms with Gasteiger partial charge in [-0.2, -0.15) is 5.10 Å². The summed E-state index contributed by atoms with van der Waals surface area (Å²) in [6.45, 7) is 12.2. The van der Waals surface area contributed by atoms with Crippen LogP contribution in [0, 0.1) is 13.8 Å². The number of hydrogen-bond donors (Lipinski definition) is 0. The van der Waals surface area contributed by atoms with Gasteiger partial charge in [-0.25, -0.2) is 0 Å². The Morgan fingerprint density at radius 1 is 1.21 bits per heavy atom. The fourth-order valence-corrected chi connectivity index (χ4v) is 4.10. The Kier molecular flexibility index (Phi) is 4.98. The zero-order chi connectivity index (χ0) is 20.7. The summed E-state index contributed by atoms with van der Waals surface area (Å²) in [6.07, 6.45) is 0. The van der Waals surface area contributed by atoms with Crippen LogP contribution in [0.3, 0.4) is 0 Å². The van der Waals surface area contributed by atoms with Gasteiger partial charge in [-0.3, -0.25) is 9.48 Å². The topological polar surface area (TPSA) is 68.8 Å². The van der Waals surface area contributed by atoms with E-state index in [1.54, 1.807) is 0 Å². The van der Waals surface area contributed by atoms with Crippen LogP contribution in [-0.2, 0) is 13.1 Å². The summed E-state index contributed by atoms with van der Waals surface area (Å²) in [4.78, 5) is 15.1. The number of hydrogen-bond acceptors (Lipinski definition) is 4. The van der Waals surface area contributed by atoms with Gasteiger partial charge in [0.2, 0.25) is 0 Å². The van der Waals surface area contributed by atoms with E-state index in [0.717, 1.165) is 28.6 Å². The summed E-state index contributed by atoms with van der Waals surface area (Å²) in [7, 11) is 0. The van der Waals surface area contributed by atoms with Crippen molar-refractivity contribution in [2.75, 3.05) is 6.54 Å². The summed E-state index contributed by atoms with van der Waals surface area (Å²) in [5.41, 5.74) is 3.89. The van der Waals surface area contributed by atoms with Crippen LogP contribution in [0.25, 0.3) is 0 Å². The number of carbonyl (C=O) groups excluding carboxylic acids is 1. The zero-order valence-electron chi connectivity index (χ0n) is 17.8. The molecule has 7 heteroatoms. The maximum Gasteiger partial charge on any atom is 0.254 e. The lowest BCUT2D eigenvalue weighted by Crippen LogP contribution is -2.40. The molecule has 1 aliphatic heterocycles. The molecule has 7 nitrogen and oxygen atoms in total. The van der Waals surface area contributed by atoms with Gasteiger partial charge in [-0.05, 0) is 44.5 Å². The van der Waals surface area contributed by atoms with Crippen molar-refractivity contribution in [1.82, 2.24) is 29.4 Å². The first-order valence-electron chi connectivity index (χ1n) is 10.2. The predicted molar refractivity (Wildman–Crippen MR) is 111 cm³/mol. The second-order valence-corrected chi connectivity index (χ2v) is 8.32. The first-order chi connectivity index (χ1) is 13.8. The number of fused-ring (bicyclic) bond motifs is 1. The molecule has 1 aliphatic rings. The standard InChI is InChI=1S/C22H28N6O/c1-14(2)21-24-23-20-13-26(11-17(5)28(20)21)22(29)19-8-6-7-18(10-19)12-27-16(4)9-15(3)25-27/h6-10,14,17H,11-13H2,1-5H3/t17-/m0/s1. The largest absolute Gasteiger partial charge is 0.329 e. The Morgan fingerprint density at radius 3 is 2.69 bits per heavy atom. The molecule has 0 radical (unpaired) electrons. The number of nitrogens with zero attached hydrogens (tertiary/aromatic N) is 6. The molecule has 0 aliphatic carbocycles. The molecule has 0 spiro atoms. The van der Waals surface area contributed by atoms with E-state index in [-0.39, 0.29) is 11.9 Å². The molecule has 0 fully saturated rings. The molecule has 0 unspecified atom stereocenters. The number of benzene rings is 1. The van der Waals surface area contributed by atoms with E-state index in [2.05, 4.69) is 46.7 Å². The highest BCUT2D eigenvalue weighted by Crippen LogP contribution is 2.26. The fraction of sp³-hybridized carbons (Fsp3) is 0.455. The molecular weight excluding hydrogens is 364 g/mol. The monoisotopic (exact) mass is 392 g/mol. The van der Waals surface area contributed by atoms with Crippen molar-refractivity contribution in [3.8, 4) is 0 Å². The molecule has 1 amide bonds. The van der Waals surface area contributed by atoms with Crippen molar-refractivity contribution in [2.45, 2.75) is 59.7 Å². The summed E-state index contributed by atoms with van der Waals surface area (Å²) in [5.74, 6) is 2.20. The Labute approximate surface area is 171 Å². The smallest absolute Gasteiger partial charge is 0.254 e. The van der Waals surface area contributed by atoms with E-state index < -0.39 is 0 Å². The van der Waals surface area contributed by atoms with Crippen molar-refractivity contribution in [3.63, 3.8) is 0 Å². The van der Waals surface area contributed by atoms with Crippen LogP contribution < -0.4 is 0 Å². The quantitative estimate of drug-likeness (QED) is 0.682. The predicted octanol–water partition coefficient (Wildman–Crippen LogP) is 3.48. The van der Waals surface area contributed by atoms with Crippen LogP contribution in [0.2, 0.25) is 0 Å². The minimum Gasteiger partial charge on any atom is -0.329 e. The average Bonchev–Trinajstić information content (AvgIpc) is 3.24. The highest BCUT2D eigenvalue weighted by atomic mass is 16.2. The number of carbonyl (C=O) groups is 1. The molecule has 1 atom stereocenters. The first-order valence-corrected chi connectivity index (χ1v) is 10.2. The molecule has 0 saturated heterocycles. The van der Waals surface area contributed by atoms with Gasteiger partial charge in [0.15, 0.2) is 5.82 Å². The van der Waals surface area contributed by atoms with Gasteiger partial charge in [0, 0.05) is 23.7 Å². The number of amides is 1. The maximum atomic E-state index is 13.2. The molecule has 2 aromatic heterocycles. The summed E-state index contributed by atoms with van der Waals surface area (Å²) >= 11 is 0. The molecule has 4 rings (SSSR count). The van der Waals surface area contributed by atoms with Crippen molar-refractivity contribution in [3.05, 3.63) is 64.5 Å². The summed E-state index contributed by atoms with van der Waals surface area (Å²) < 4.78 is 4.16. The van der Waals surface area contributed by atoms with Crippen LogP contribution in [-0.4, -0.2) is 41.9 Å². The van der Waals surface area contributed by atoms with Crippen LogP contribution in [0.4, 0.5) is 0 Å². The van der Waals surface area contributed by atoms with Crippen molar-refractivity contribution in [2.24, 2.45) is 0 Å². The van der Waals surface area contributed by atoms with Crippen molar-refractivity contribution < 1.29 is 4.79 Å². The number of aromatic nitrogens is 5. The zero-order valence-corrected chi connectivity index (χ0v) is 17.8. The van der Waals surface area contributed by atoms with Crippen LogP contribution >= 0.6 is 0 Å². The van der Waals surface area contributed by atoms with E-state index in [1.807, 2.05) is 47.7 Å². The molecule has 152 valence electrons. The SMILES string of the molecule is Cc1cc(C)n(Cc2cccc(C(=O)N3Cc4nnc(C(C)C)n4[C@@H](C)C3)c2)n1. The first kappa shape index (κ1) is 19.4. The number of aryl methyl sites for hydroxylation is 2. The van der Waals surface area contributed by atoms with Gasteiger partial charge in [-0.15, -0.1) is 10.2 Å². The molecule has 3 heterocycles. The van der Waals surface area contributed by atoms with Gasteiger partial charge >= 0.3 is 0 Å². The lowest BCUT2D eigenvalue weighted by atomic mass is 10.1. The van der Waals surface area contributed by atoms with Crippen molar-refractivity contribution >= 4 is 5.91 Å². The minimum atomic E-state index is 0.0346. The lowest BCUT2D eigenvalue weighted by molar-refractivity contribution is 0.0679. The highest BCUT2D eigenvalue weighted by molar-refractivity contribution is 5.94. The van der Waals surface area contributed by atoms with E-state index in [4.69, 9.17) is 0 Å². The third-order valence-electron chi connectivity index (χ3n) is 5.46. The molecule has 0 bridgehead atoms. The van der Waals surface area contributed by atoms with Crippen LogP contribution in [0.1, 0.15) is 71.7 Å². The number of rotatable bonds is 4. The maximum absolute atomic E-state index is 13.2. The lowest BCUT2D eigenvalue weighted by Gasteiger charge is -2.33. The fourth-order valence-electron chi connectivity index (χ4n) is 4.10. The molecular formula is C22H28N6O. The van der Waals surface area contributed by atoms with Gasteiger partial charge in [-0.1, -0.05) is 26.0 Å². The Morgan fingerprint density at radius 2 is 2.00 bits per heavy atom. The van der Waals surface area contributed by atoms with Crippen LogP contribution in [0.15, 0.2) is 30.3 Å². The van der Waals surface area contributed by atoms with Gasteiger partial charge in [0.25, 0.3) is 5.91 Å². The van der Waals surface area contributed by atoms with E-state index in [0.29, 0.717) is 31.1 Å². The third-order valence-corrected chi connectivity index (χ3v) is 5.46. The van der Waals surface area contributed by atoms with Crippen LogP contribution in [0.5, 0.6) is 0 Å². The van der Waals surface area contributed by atoms with E-state index in [9.17, 15) is 4.79 Å². The van der Waals surface area contributed by atoms with E-state index in [1.165, 1.54) is 0 Å². The van der Waals surface area contributed by atoms with Gasteiger partial charge in [0.05, 0.1) is 24.8 Å². The Bertz CT molecular complexity index is 1050. The normalized spacial score (nSPS) is 16.3. The van der Waals surface area contributed by atoms with E-state index >= 15 is 0 Å². The second-order valence-electron chi connectivity index (χ2n) is 8.32. The van der Waals surface area contributed by atoms with Gasteiger partial charge in [0.1, 0.15) is 5.82 Å². The van der Waals surface area contributed by atoms with Crippen molar-refractivity contribution in [1.29, 1.82) is 0 Å². The highest BCUT2D eigenvalue weighted by Gasteiger charge is 2.30. The Hall–Kier alpha value is -2.96. The molecule has 0 saturated carbocycles. The second kappa shape index (κ2) is 7.46.